The number of thioether (sulfide) groups is 1. The van der Waals surface area contributed by atoms with Gasteiger partial charge in [0, 0.05) is 11.3 Å². The lowest BCUT2D eigenvalue weighted by molar-refractivity contribution is -0.113. The van der Waals surface area contributed by atoms with Gasteiger partial charge in [-0.05, 0) is 29.9 Å². The second-order valence-electron chi connectivity index (χ2n) is 2.59. The number of Topliss-reactive ketones (excluding diaryl/α,β-unsaturated/α-hetero) is 1. The molecule has 0 spiro atoms. The van der Waals surface area contributed by atoms with Gasteiger partial charge in [0.05, 0.1) is 0 Å². The van der Waals surface area contributed by atoms with Crippen LogP contribution in [0.25, 0.3) is 0 Å². The van der Waals surface area contributed by atoms with E-state index in [-0.39, 0.29) is 5.78 Å². The van der Waals surface area contributed by atoms with Crippen molar-refractivity contribution in [2.45, 2.75) is 11.3 Å². The van der Waals surface area contributed by atoms with Crippen LogP contribution in [0.4, 0.5) is 0 Å². The number of terminal acetylenes is 1. The zero-order chi connectivity index (χ0) is 9.68. The molecular weight excluding hydrogens is 180 g/mol. The SMILES string of the molecule is C#CC(=O)Cc1ccc(SC)cc1. The molecule has 0 unspecified atom stereocenters. The highest BCUT2D eigenvalue weighted by Gasteiger charge is 1.99. The average molecular weight is 190 g/mol. The highest BCUT2D eigenvalue weighted by Crippen LogP contribution is 2.14. The highest BCUT2D eigenvalue weighted by molar-refractivity contribution is 7.98. The van der Waals surface area contributed by atoms with Gasteiger partial charge in [0.2, 0.25) is 5.78 Å². The molecule has 0 aromatic heterocycles. The van der Waals surface area contributed by atoms with Crippen LogP contribution in [-0.2, 0) is 11.2 Å². The summed E-state index contributed by atoms with van der Waals surface area (Å²) < 4.78 is 0. The third-order valence-electron chi connectivity index (χ3n) is 1.68. The van der Waals surface area contributed by atoms with E-state index in [9.17, 15) is 4.79 Å². The number of carbonyl (C=O) groups excluding carboxylic acids is 1. The van der Waals surface area contributed by atoms with Crippen LogP contribution in [0.2, 0.25) is 0 Å². The topological polar surface area (TPSA) is 17.1 Å². The maximum absolute atomic E-state index is 10.9. The Hall–Kier alpha value is -1.20. The van der Waals surface area contributed by atoms with E-state index >= 15 is 0 Å². The van der Waals surface area contributed by atoms with Crippen molar-refractivity contribution in [3.8, 4) is 12.3 Å². The first-order valence-corrected chi connectivity index (χ1v) is 5.11. The van der Waals surface area contributed by atoms with E-state index in [0.717, 1.165) is 5.56 Å². The van der Waals surface area contributed by atoms with E-state index in [1.807, 2.05) is 30.5 Å². The molecule has 1 rings (SSSR count). The van der Waals surface area contributed by atoms with Crippen molar-refractivity contribution in [1.29, 1.82) is 0 Å². The zero-order valence-electron chi connectivity index (χ0n) is 7.41. The monoisotopic (exact) mass is 190 g/mol. The maximum Gasteiger partial charge on any atom is 0.209 e. The van der Waals surface area contributed by atoms with Crippen LogP contribution in [0.15, 0.2) is 29.2 Å². The first kappa shape index (κ1) is 9.88. The van der Waals surface area contributed by atoms with Gasteiger partial charge in [-0.3, -0.25) is 4.79 Å². The standard InChI is InChI=1S/C11H10OS/c1-3-10(12)8-9-4-6-11(13-2)7-5-9/h1,4-7H,8H2,2H3. The second-order valence-corrected chi connectivity index (χ2v) is 3.47. The molecule has 13 heavy (non-hydrogen) atoms. The van der Waals surface area contributed by atoms with E-state index in [4.69, 9.17) is 6.42 Å². The molecule has 1 aromatic rings. The van der Waals surface area contributed by atoms with Crippen molar-refractivity contribution < 1.29 is 4.79 Å². The average Bonchev–Trinajstić information content (AvgIpc) is 2.19. The smallest absolute Gasteiger partial charge is 0.209 e. The quantitative estimate of drug-likeness (QED) is 0.413. The van der Waals surface area contributed by atoms with Crippen LogP contribution < -0.4 is 0 Å². The number of hydrogen-bond acceptors (Lipinski definition) is 2. The molecule has 0 saturated carbocycles. The van der Waals surface area contributed by atoms with Crippen LogP contribution in [0.1, 0.15) is 5.56 Å². The summed E-state index contributed by atoms with van der Waals surface area (Å²) in [6, 6.07) is 7.84. The molecule has 0 aliphatic rings. The first-order valence-electron chi connectivity index (χ1n) is 3.88. The molecule has 0 aliphatic heterocycles. The van der Waals surface area contributed by atoms with E-state index < -0.39 is 0 Å². The summed E-state index contributed by atoms with van der Waals surface area (Å²) in [5.41, 5.74) is 0.973. The van der Waals surface area contributed by atoms with Gasteiger partial charge in [-0.15, -0.1) is 18.2 Å². The molecule has 1 nitrogen and oxygen atoms in total. The molecule has 0 radical (unpaired) electrons. The highest BCUT2D eigenvalue weighted by atomic mass is 32.2. The summed E-state index contributed by atoms with van der Waals surface area (Å²) in [5, 5.41) is 0. The Labute approximate surface area is 82.5 Å². The number of carbonyl (C=O) groups is 1. The normalized spacial score (nSPS) is 9.23. The van der Waals surface area contributed by atoms with Gasteiger partial charge in [-0.2, -0.15) is 0 Å². The van der Waals surface area contributed by atoms with Crippen LogP contribution in [0.5, 0.6) is 0 Å². The van der Waals surface area contributed by atoms with Crippen molar-refractivity contribution >= 4 is 17.5 Å². The minimum absolute atomic E-state index is 0.170. The molecule has 0 aliphatic carbocycles. The van der Waals surface area contributed by atoms with Crippen molar-refractivity contribution in [3.05, 3.63) is 29.8 Å². The molecule has 2 heteroatoms. The van der Waals surface area contributed by atoms with E-state index in [2.05, 4.69) is 5.92 Å². The van der Waals surface area contributed by atoms with Crippen LogP contribution in [0.3, 0.4) is 0 Å². The second kappa shape index (κ2) is 4.74. The molecule has 0 saturated heterocycles. The summed E-state index contributed by atoms with van der Waals surface area (Å²) in [4.78, 5) is 12.1. The molecule has 66 valence electrons. The largest absolute Gasteiger partial charge is 0.285 e. The Morgan fingerprint density at radius 3 is 2.54 bits per heavy atom. The molecule has 0 amide bonds. The fraction of sp³-hybridized carbons (Fsp3) is 0.182. The van der Waals surface area contributed by atoms with Crippen LogP contribution in [-0.4, -0.2) is 12.0 Å². The Morgan fingerprint density at radius 2 is 2.08 bits per heavy atom. The fourth-order valence-corrected chi connectivity index (χ4v) is 1.39. The summed E-state index contributed by atoms with van der Waals surface area (Å²) in [6.45, 7) is 0. The van der Waals surface area contributed by atoms with Crippen LogP contribution in [0, 0.1) is 12.3 Å². The predicted octanol–water partition coefficient (Wildman–Crippen LogP) is 2.15. The molecule has 0 heterocycles. The first-order chi connectivity index (χ1) is 6.26. The van der Waals surface area contributed by atoms with Crippen molar-refractivity contribution in [2.75, 3.05) is 6.26 Å². The molecule has 0 N–H and O–H groups in total. The Bertz CT molecular complexity index is 332. The minimum Gasteiger partial charge on any atom is -0.285 e. The molecule has 0 fully saturated rings. The number of benzene rings is 1. The summed E-state index contributed by atoms with van der Waals surface area (Å²) in [5.74, 6) is 1.93. The van der Waals surface area contributed by atoms with Crippen molar-refractivity contribution in [3.63, 3.8) is 0 Å². The number of ketones is 1. The number of hydrogen-bond donors (Lipinski definition) is 0. The lowest BCUT2D eigenvalue weighted by atomic mass is 10.1. The van der Waals surface area contributed by atoms with Gasteiger partial charge in [-0.25, -0.2) is 0 Å². The van der Waals surface area contributed by atoms with E-state index in [1.165, 1.54) is 4.90 Å². The third kappa shape index (κ3) is 2.96. The molecule has 1 aromatic carbocycles. The Balaban J connectivity index is 2.71. The zero-order valence-corrected chi connectivity index (χ0v) is 8.23. The fourth-order valence-electron chi connectivity index (χ4n) is 0.980. The van der Waals surface area contributed by atoms with Gasteiger partial charge >= 0.3 is 0 Å². The summed E-state index contributed by atoms with van der Waals surface area (Å²) in [6.07, 6.45) is 7.33. The Morgan fingerprint density at radius 1 is 1.46 bits per heavy atom. The van der Waals surface area contributed by atoms with E-state index in [1.54, 1.807) is 11.8 Å². The third-order valence-corrected chi connectivity index (χ3v) is 2.43. The van der Waals surface area contributed by atoms with Gasteiger partial charge in [0.15, 0.2) is 0 Å². The summed E-state index contributed by atoms with van der Waals surface area (Å²) >= 11 is 1.68. The predicted molar refractivity (Wildman–Crippen MR) is 55.8 cm³/mol. The maximum atomic E-state index is 10.9. The minimum atomic E-state index is -0.170. The van der Waals surface area contributed by atoms with Crippen molar-refractivity contribution in [1.82, 2.24) is 0 Å². The number of rotatable bonds is 3. The van der Waals surface area contributed by atoms with Gasteiger partial charge < -0.3 is 0 Å². The van der Waals surface area contributed by atoms with Gasteiger partial charge in [0.1, 0.15) is 0 Å². The van der Waals surface area contributed by atoms with E-state index in [0.29, 0.717) is 6.42 Å². The Kier molecular flexibility index (Phi) is 3.60. The van der Waals surface area contributed by atoms with Crippen LogP contribution >= 0.6 is 11.8 Å². The van der Waals surface area contributed by atoms with Gasteiger partial charge in [-0.1, -0.05) is 12.1 Å². The lowest BCUT2D eigenvalue weighted by Crippen LogP contribution is -1.97. The lowest BCUT2D eigenvalue weighted by Gasteiger charge is -1.98. The molecular formula is C11H10OS. The molecule has 0 atom stereocenters. The summed E-state index contributed by atoms with van der Waals surface area (Å²) in [7, 11) is 0. The van der Waals surface area contributed by atoms with Gasteiger partial charge in [0.25, 0.3) is 0 Å². The molecule has 0 bridgehead atoms. The van der Waals surface area contributed by atoms with Crippen molar-refractivity contribution in [2.24, 2.45) is 0 Å².